The highest BCUT2D eigenvalue weighted by Crippen LogP contribution is 2.20. The van der Waals surface area contributed by atoms with E-state index in [9.17, 15) is 4.79 Å². The molecule has 0 atom stereocenters. The third-order valence-corrected chi connectivity index (χ3v) is 2.85. The van der Waals surface area contributed by atoms with E-state index in [-0.39, 0.29) is 5.91 Å². The number of nitrogen functional groups attached to an aromatic ring is 1. The lowest BCUT2D eigenvalue weighted by atomic mass is 10.1. The summed E-state index contributed by atoms with van der Waals surface area (Å²) in [4.78, 5) is 14.3. The molecule has 0 fully saturated rings. The maximum Gasteiger partial charge on any atom is 0.254 e. The van der Waals surface area contributed by atoms with Crippen LogP contribution in [0, 0.1) is 5.92 Å². The van der Waals surface area contributed by atoms with Crippen LogP contribution in [0.15, 0.2) is 18.2 Å². The number of carbonyl (C=O) groups excluding carboxylic acids is 1. The average molecular weight is 280 g/mol. The van der Waals surface area contributed by atoms with E-state index in [2.05, 4.69) is 13.8 Å². The third-order valence-electron chi connectivity index (χ3n) is 2.85. The van der Waals surface area contributed by atoms with Crippen LogP contribution in [-0.4, -0.2) is 44.7 Å². The molecule has 0 saturated heterocycles. The standard InChI is InChI=1S/C15H24N2O3/c1-11(2)10-17(5-6-19-3)15(18)12-7-13(16)9-14(8-12)20-4/h7-9,11H,5-6,10,16H2,1-4H3. The molecule has 0 aliphatic rings. The van der Waals surface area contributed by atoms with Gasteiger partial charge in [-0.15, -0.1) is 0 Å². The Morgan fingerprint density at radius 2 is 2.00 bits per heavy atom. The first kappa shape index (κ1) is 16.3. The number of hydrogen-bond acceptors (Lipinski definition) is 4. The van der Waals surface area contributed by atoms with Crippen molar-refractivity contribution >= 4 is 11.6 Å². The second-order valence-corrected chi connectivity index (χ2v) is 5.13. The van der Waals surface area contributed by atoms with Gasteiger partial charge >= 0.3 is 0 Å². The fourth-order valence-corrected chi connectivity index (χ4v) is 1.96. The summed E-state index contributed by atoms with van der Waals surface area (Å²) in [5.74, 6) is 0.921. The Morgan fingerprint density at radius 3 is 2.55 bits per heavy atom. The van der Waals surface area contributed by atoms with Crippen LogP contribution >= 0.6 is 0 Å². The molecule has 0 aromatic heterocycles. The molecule has 1 amide bonds. The number of anilines is 1. The highest BCUT2D eigenvalue weighted by atomic mass is 16.5. The van der Waals surface area contributed by atoms with Crippen LogP contribution in [-0.2, 0) is 4.74 Å². The van der Waals surface area contributed by atoms with Crippen molar-refractivity contribution in [2.45, 2.75) is 13.8 Å². The molecule has 0 aliphatic carbocycles. The molecule has 0 saturated carbocycles. The van der Waals surface area contributed by atoms with Crippen LogP contribution < -0.4 is 10.5 Å². The zero-order valence-corrected chi connectivity index (χ0v) is 12.7. The van der Waals surface area contributed by atoms with Gasteiger partial charge in [-0.1, -0.05) is 13.8 Å². The second-order valence-electron chi connectivity index (χ2n) is 5.13. The van der Waals surface area contributed by atoms with Gasteiger partial charge in [0.2, 0.25) is 0 Å². The topological polar surface area (TPSA) is 64.8 Å². The summed E-state index contributed by atoms with van der Waals surface area (Å²) in [5.41, 5.74) is 6.86. The van der Waals surface area contributed by atoms with Crippen LogP contribution in [0.3, 0.4) is 0 Å². The van der Waals surface area contributed by atoms with Crippen molar-refractivity contribution in [1.29, 1.82) is 0 Å². The maximum atomic E-state index is 12.6. The number of benzene rings is 1. The van der Waals surface area contributed by atoms with Crippen LogP contribution in [0.4, 0.5) is 5.69 Å². The predicted octanol–water partition coefficient (Wildman–Crippen LogP) is 2.02. The Labute approximate surface area is 120 Å². The molecular weight excluding hydrogens is 256 g/mol. The lowest BCUT2D eigenvalue weighted by Crippen LogP contribution is -2.36. The Morgan fingerprint density at radius 1 is 1.30 bits per heavy atom. The van der Waals surface area contributed by atoms with Gasteiger partial charge in [0.1, 0.15) is 5.75 Å². The van der Waals surface area contributed by atoms with Crippen molar-refractivity contribution < 1.29 is 14.3 Å². The van der Waals surface area contributed by atoms with E-state index in [1.807, 2.05) is 0 Å². The number of methoxy groups -OCH3 is 2. The molecule has 1 rings (SSSR count). The summed E-state index contributed by atoms with van der Waals surface area (Å²) in [6.07, 6.45) is 0. The summed E-state index contributed by atoms with van der Waals surface area (Å²) < 4.78 is 10.2. The van der Waals surface area contributed by atoms with Gasteiger partial charge in [-0.2, -0.15) is 0 Å². The highest BCUT2D eigenvalue weighted by molar-refractivity contribution is 5.95. The fourth-order valence-electron chi connectivity index (χ4n) is 1.96. The van der Waals surface area contributed by atoms with Gasteiger partial charge in [-0.05, 0) is 18.1 Å². The average Bonchev–Trinajstić information content (AvgIpc) is 2.41. The van der Waals surface area contributed by atoms with E-state index < -0.39 is 0 Å². The molecule has 0 spiro atoms. The number of ether oxygens (including phenoxy) is 2. The van der Waals surface area contributed by atoms with Crippen molar-refractivity contribution in [1.82, 2.24) is 4.90 Å². The van der Waals surface area contributed by atoms with Crippen LogP contribution in [0.1, 0.15) is 24.2 Å². The molecule has 1 aromatic carbocycles. The molecule has 20 heavy (non-hydrogen) atoms. The van der Waals surface area contributed by atoms with Crippen molar-refractivity contribution in [3.63, 3.8) is 0 Å². The van der Waals surface area contributed by atoms with E-state index in [1.54, 1.807) is 37.3 Å². The first-order valence-electron chi connectivity index (χ1n) is 6.70. The molecule has 0 aliphatic heterocycles. The molecule has 112 valence electrons. The molecule has 0 unspecified atom stereocenters. The van der Waals surface area contributed by atoms with Gasteiger partial charge in [0.25, 0.3) is 5.91 Å². The molecule has 0 radical (unpaired) electrons. The van der Waals surface area contributed by atoms with Gasteiger partial charge in [-0.25, -0.2) is 0 Å². The Bertz CT molecular complexity index is 447. The minimum absolute atomic E-state index is 0.0543. The second kappa shape index (κ2) is 7.75. The van der Waals surface area contributed by atoms with Crippen molar-refractivity contribution in [3.8, 4) is 5.75 Å². The van der Waals surface area contributed by atoms with E-state index in [0.717, 1.165) is 0 Å². The van der Waals surface area contributed by atoms with Gasteiger partial charge in [0.15, 0.2) is 0 Å². The van der Waals surface area contributed by atoms with Gasteiger partial charge in [0.05, 0.1) is 13.7 Å². The number of hydrogen-bond donors (Lipinski definition) is 1. The fraction of sp³-hybridized carbons (Fsp3) is 0.533. The maximum absolute atomic E-state index is 12.6. The normalized spacial score (nSPS) is 10.7. The summed E-state index contributed by atoms with van der Waals surface area (Å²) in [7, 11) is 3.18. The number of amides is 1. The summed E-state index contributed by atoms with van der Waals surface area (Å²) in [6, 6.07) is 5.07. The van der Waals surface area contributed by atoms with Crippen molar-refractivity contribution in [2.75, 3.05) is 39.6 Å². The van der Waals surface area contributed by atoms with Gasteiger partial charge < -0.3 is 20.1 Å². The Kier molecular flexibility index (Phi) is 6.31. The first-order valence-corrected chi connectivity index (χ1v) is 6.70. The number of carbonyl (C=O) groups is 1. The molecule has 5 nitrogen and oxygen atoms in total. The monoisotopic (exact) mass is 280 g/mol. The highest BCUT2D eigenvalue weighted by Gasteiger charge is 2.17. The van der Waals surface area contributed by atoms with Crippen molar-refractivity contribution in [2.24, 2.45) is 5.92 Å². The molecule has 0 heterocycles. The smallest absolute Gasteiger partial charge is 0.254 e. The Hall–Kier alpha value is -1.75. The summed E-state index contributed by atoms with van der Waals surface area (Å²) in [5, 5.41) is 0. The number of nitrogens with zero attached hydrogens (tertiary/aromatic N) is 1. The molecular formula is C15H24N2O3. The van der Waals surface area contributed by atoms with E-state index in [0.29, 0.717) is 42.6 Å². The summed E-state index contributed by atoms with van der Waals surface area (Å²) in [6.45, 7) is 5.90. The number of nitrogens with two attached hydrogens (primary N) is 1. The van der Waals surface area contributed by atoms with Crippen LogP contribution in [0.2, 0.25) is 0 Å². The first-order chi connectivity index (χ1) is 9.47. The van der Waals surface area contributed by atoms with Gasteiger partial charge in [-0.3, -0.25) is 4.79 Å². The molecule has 2 N–H and O–H groups in total. The van der Waals surface area contributed by atoms with Crippen molar-refractivity contribution in [3.05, 3.63) is 23.8 Å². The molecule has 5 heteroatoms. The minimum atomic E-state index is -0.0543. The molecule has 1 aromatic rings. The van der Waals surface area contributed by atoms with Gasteiger partial charge in [0, 0.05) is 37.5 Å². The third kappa shape index (κ3) is 4.74. The largest absolute Gasteiger partial charge is 0.497 e. The Balaban J connectivity index is 2.95. The van der Waals surface area contributed by atoms with E-state index in [4.69, 9.17) is 15.2 Å². The van der Waals surface area contributed by atoms with E-state index >= 15 is 0 Å². The lowest BCUT2D eigenvalue weighted by Gasteiger charge is -2.24. The summed E-state index contributed by atoms with van der Waals surface area (Å²) >= 11 is 0. The SMILES string of the molecule is COCCN(CC(C)C)C(=O)c1cc(N)cc(OC)c1. The van der Waals surface area contributed by atoms with Crippen LogP contribution in [0.5, 0.6) is 5.75 Å². The zero-order valence-electron chi connectivity index (χ0n) is 12.7. The van der Waals surface area contributed by atoms with Crippen LogP contribution in [0.25, 0.3) is 0 Å². The number of rotatable bonds is 7. The molecule has 0 bridgehead atoms. The van der Waals surface area contributed by atoms with E-state index in [1.165, 1.54) is 0 Å². The minimum Gasteiger partial charge on any atom is -0.497 e. The quantitative estimate of drug-likeness (QED) is 0.776. The lowest BCUT2D eigenvalue weighted by molar-refractivity contribution is 0.0672. The predicted molar refractivity (Wildman–Crippen MR) is 80.0 cm³/mol. The zero-order chi connectivity index (χ0) is 15.1.